The zero-order chi connectivity index (χ0) is 27.8. The molecule has 222 valence electrons. The topological polar surface area (TPSA) is 129 Å². The Balaban J connectivity index is 1.48. The van der Waals surface area contributed by atoms with Gasteiger partial charge in [-0.1, -0.05) is 37.2 Å². The van der Waals surface area contributed by atoms with E-state index in [1.54, 1.807) is 0 Å². The Labute approximate surface area is 238 Å². The van der Waals surface area contributed by atoms with E-state index in [2.05, 4.69) is 10.0 Å². The first-order valence-corrected chi connectivity index (χ1v) is 15.8. The molecular weight excluding hydrogens is 510 g/mol. The number of aliphatic hydroxyl groups excluding tert-OH is 1. The minimum Gasteiger partial charge on any atom is -0.470 e. The molecule has 2 heterocycles. The highest BCUT2D eigenvalue weighted by Crippen LogP contribution is 2.47. The molecule has 0 radical (unpaired) electrons. The predicted molar refractivity (Wildman–Crippen MR) is 152 cm³/mol. The molecule has 5 rings (SSSR count). The molecular formula is C30H47N5O5. The average molecular weight is 558 g/mol. The second-order valence-corrected chi connectivity index (χ2v) is 12.3. The van der Waals surface area contributed by atoms with Crippen molar-refractivity contribution in [2.24, 2.45) is 21.9 Å². The van der Waals surface area contributed by atoms with Crippen molar-refractivity contribution >= 4 is 11.8 Å². The molecule has 10 nitrogen and oxygen atoms in total. The molecule has 1 amide bonds. The number of rotatable bonds is 10. The van der Waals surface area contributed by atoms with Crippen LogP contribution in [-0.4, -0.2) is 79.1 Å². The van der Waals surface area contributed by atoms with Gasteiger partial charge < -0.3 is 24.2 Å². The minimum atomic E-state index is -1.02. The fourth-order valence-electron chi connectivity index (χ4n) is 7.47. The molecule has 0 aromatic carbocycles. The number of ether oxygens (including phenoxy) is 3. The highest BCUT2D eigenvalue weighted by molar-refractivity contribution is 5.95. The molecule has 0 bridgehead atoms. The Hall–Kier alpha value is -2.13. The van der Waals surface area contributed by atoms with Gasteiger partial charge in [-0.3, -0.25) is 4.79 Å². The van der Waals surface area contributed by atoms with Gasteiger partial charge in [0, 0.05) is 42.8 Å². The monoisotopic (exact) mass is 557 g/mol. The van der Waals surface area contributed by atoms with Crippen LogP contribution in [0.15, 0.2) is 21.4 Å². The fourth-order valence-corrected chi connectivity index (χ4v) is 7.47. The largest absolute Gasteiger partial charge is 0.470 e. The van der Waals surface area contributed by atoms with Gasteiger partial charge in [-0.15, -0.1) is 0 Å². The van der Waals surface area contributed by atoms with Gasteiger partial charge in [-0.05, 0) is 81.2 Å². The van der Waals surface area contributed by atoms with Gasteiger partial charge >= 0.3 is 0 Å². The van der Waals surface area contributed by atoms with Gasteiger partial charge in [0.05, 0.1) is 19.3 Å². The standard InChI is InChI=1S/C30H47N5O5/c31-34-33-26-10-5-4-9-25(26)27-30(21-22-7-2-1-3-8-22,29(37)35-15-19-38-20-16-35)32-28(40-27)23-11-13-24(14-12-23)39-18-6-17-36/h22-24,27,36H,1-21H2/t23?,24?,27-,30-/m1/s1. The zero-order valence-electron chi connectivity index (χ0n) is 24.0. The number of aliphatic imine (C=N–C) groups is 1. The Kier molecular flexibility index (Phi) is 10.4. The Morgan fingerprint density at radius 1 is 1.07 bits per heavy atom. The molecule has 2 aliphatic heterocycles. The average Bonchev–Trinajstić information content (AvgIpc) is 3.38. The summed E-state index contributed by atoms with van der Waals surface area (Å²) in [5, 5.41) is 13.2. The van der Waals surface area contributed by atoms with E-state index in [-0.39, 0.29) is 24.5 Å². The highest BCUT2D eigenvalue weighted by atomic mass is 16.5. The number of nitrogens with zero attached hydrogens (tertiary/aromatic N) is 5. The zero-order valence-corrected chi connectivity index (χ0v) is 24.0. The van der Waals surface area contributed by atoms with Crippen LogP contribution in [0.25, 0.3) is 10.4 Å². The maximum Gasteiger partial charge on any atom is 0.255 e. The summed E-state index contributed by atoms with van der Waals surface area (Å²) in [7, 11) is 0. The molecule has 1 N–H and O–H groups in total. The van der Waals surface area contributed by atoms with Crippen molar-refractivity contribution in [3.63, 3.8) is 0 Å². The summed E-state index contributed by atoms with van der Waals surface area (Å²) >= 11 is 0. The van der Waals surface area contributed by atoms with Gasteiger partial charge in [0.15, 0.2) is 17.5 Å². The SMILES string of the molecule is [N-]=[N+]=NC1=C([C@H]2OC(C3CCC(OCCCO)CC3)=N[C@@]2(CC2CCCCC2)C(=O)N2CCOCC2)CCCC1. The van der Waals surface area contributed by atoms with E-state index >= 15 is 0 Å². The fraction of sp³-hybridized carbons (Fsp3) is 0.867. The lowest BCUT2D eigenvalue weighted by molar-refractivity contribution is -0.144. The number of morpholine rings is 1. The normalized spacial score (nSPS) is 31.9. The van der Waals surface area contributed by atoms with Crippen LogP contribution in [0.2, 0.25) is 0 Å². The number of aliphatic hydroxyl groups is 1. The third-order valence-corrected chi connectivity index (χ3v) is 9.62. The molecule has 0 unspecified atom stereocenters. The van der Waals surface area contributed by atoms with E-state index in [0.29, 0.717) is 51.7 Å². The van der Waals surface area contributed by atoms with Crippen molar-refractivity contribution in [3.05, 3.63) is 21.7 Å². The summed E-state index contributed by atoms with van der Waals surface area (Å²) < 4.78 is 18.5. The van der Waals surface area contributed by atoms with Gasteiger partial charge in [0.25, 0.3) is 5.91 Å². The van der Waals surface area contributed by atoms with Crippen molar-refractivity contribution in [2.75, 3.05) is 39.5 Å². The number of hydrogen-bond acceptors (Lipinski definition) is 7. The number of carbonyl (C=O) groups is 1. The van der Waals surface area contributed by atoms with Crippen molar-refractivity contribution in [1.29, 1.82) is 0 Å². The quantitative estimate of drug-likeness (QED) is 0.165. The molecule has 1 saturated heterocycles. The molecule has 0 aromatic heterocycles. The summed E-state index contributed by atoms with van der Waals surface area (Å²) in [4.78, 5) is 25.1. The summed E-state index contributed by atoms with van der Waals surface area (Å²) in [5.41, 5.74) is 10.1. The first-order valence-electron chi connectivity index (χ1n) is 15.8. The summed E-state index contributed by atoms with van der Waals surface area (Å²) in [5.74, 6) is 1.35. The highest BCUT2D eigenvalue weighted by Gasteiger charge is 2.57. The summed E-state index contributed by atoms with van der Waals surface area (Å²) in [6, 6.07) is 0. The second kappa shape index (κ2) is 14.2. The Bertz CT molecular complexity index is 975. The minimum absolute atomic E-state index is 0.0563. The van der Waals surface area contributed by atoms with Gasteiger partial charge in [-0.2, -0.15) is 0 Å². The molecule has 3 aliphatic carbocycles. The Morgan fingerprint density at radius 3 is 2.55 bits per heavy atom. The number of hydrogen-bond donors (Lipinski definition) is 1. The van der Waals surface area contributed by atoms with E-state index < -0.39 is 11.6 Å². The molecule has 0 aromatic rings. The summed E-state index contributed by atoms with van der Waals surface area (Å²) in [6.07, 6.45) is 14.0. The smallest absolute Gasteiger partial charge is 0.255 e. The van der Waals surface area contributed by atoms with Crippen LogP contribution in [0, 0.1) is 11.8 Å². The van der Waals surface area contributed by atoms with Crippen molar-refractivity contribution in [1.82, 2.24) is 4.90 Å². The second-order valence-electron chi connectivity index (χ2n) is 12.3. The van der Waals surface area contributed by atoms with Crippen LogP contribution >= 0.6 is 0 Å². The number of amides is 1. The lowest BCUT2D eigenvalue weighted by Crippen LogP contribution is -2.57. The molecule has 3 fully saturated rings. The van der Waals surface area contributed by atoms with E-state index in [9.17, 15) is 10.3 Å². The van der Waals surface area contributed by atoms with Crippen LogP contribution in [-0.2, 0) is 19.0 Å². The van der Waals surface area contributed by atoms with Crippen molar-refractivity contribution in [3.8, 4) is 0 Å². The van der Waals surface area contributed by atoms with Gasteiger partial charge in [-0.25, -0.2) is 4.99 Å². The van der Waals surface area contributed by atoms with Crippen LogP contribution in [0.3, 0.4) is 0 Å². The first-order chi connectivity index (χ1) is 19.6. The molecule has 2 saturated carbocycles. The third kappa shape index (κ3) is 6.67. The lowest BCUT2D eigenvalue weighted by atomic mass is 9.73. The summed E-state index contributed by atoms with van der Waals surface area (Å²) in [6.45, 7) is 2.96. The first kappa shape index (κ1) is 29.4. The van der Waals surface area contributed by atoms with Crippen LogP contribution in [0.4, 0.5) is 0 Å². The van der Waals surface area contributed by atoms with Gasteiger partial charge in [0.2, 0.25) is 0 Å². The van der Waals surface area contributed by atoms with Crippen molar-refractivity contribution in [2.45, 2.75) is 114 Å². The van der Waals surface area contributed by atoms with Crippen LogP contribution in [0.5, 0.6) is 0 Å². The van der Waals surface area contributed by atoms with E-state index in [4.69, 9.17) is 24.3 Å². The van der Waals surface area contributed by atoms with E-state index in [0.717, 1.165) is 81.4 Å². The number of carbonyl (C=O) groups excluding carboxylic acids is 1. The third-order valence-electron chi connectivity index (χ3n) is 9.62. The van der Waals surface area contributed by atoms with Crippen molar-refractivity contribution < 1.29 is 24.1 Å². The Morgan fingerprint density at radius 2 is 1.82 bits per heavy atom. The molecule has 0 spiro atoms. The molecule has 2 atom stereocenters. The molecule has 40 heavy (non-hydrogen) atoms. The maximum atomic E-state index is 14.7. The van der Waals surface area contributed by atoms with Crippen LogP contribution < -0.4 is 0 Å². The van der Waals surface area contributed by atoms with Gasteiger partial charge in [0.1, 0.15) is 0 Å². The molecule has 10 heteroatoms. The number of allylic oxidation sites excluding steroid dienone is 1. The predicted octanol–water partition coefficient (Wildman–Crippen LogP) is 5.45. The maximum absolute atomic E-state index is 14.7. The number of azide groups is 1. The lowest BCUT2D eigenvalue weighted by Gasteiger charge is -2.40. The molecule has 5 aliphatic rings. The van der Waals surface area contributed by atoms with E-state index in [1.165, 1.54) is 19.3 Å². The van der Waals surface area contributed by atoms with E-state index in [1.807, 2.05) is 4.90 Å². The van der Waals surface area contributed by atoms with Crippen LogP contribution in [0.1, 0.15) is 96.3 Å².